The first-order valence-corrected chi connectivity index (χ1v) is 6.94. The molecule has 1 aliphatic carbocycles. The molecule has 1 aromatic rings. The van der Waals surface area contributed by atoms with Crippen LogP contribution in [-0.2, 0) is 19.2 Å². The van der Waals surface area contributed by atoms with E-state index in [1.54, 1.807) is 24.3 Å². The predicted molar refractivity (Wildman–Crippen MR) is 75.5 cm³/mol. The van der Waals surface area contributed by atoms with E-state index in [0.29, 0.717) is 23.7 Å². The number of carboxylic acid groups (broad SMARTS) is 2. The van der Waals surface area contributed by atoms with Gasteiger partial charge in [-0.1, -0.05) is 24.3 Å². The molecule has 0 aliphatic heterocycles. The number of aldehydes is 2. The van der Waals surface area contributed by atoms with Crippen LogP contribution < -0.4 is 0 Å². The molecule has 0 bridgehead atoms. The van der Waals surface area contributed by atoms with E-state index in [1.807, 2.05) is 0 Å². The number of hydrogen-bond donors (Lipinski definition) is 2. The molecule has 0 saturated carbocycles. The number of hydrogen-bond acceptors (Lipinski definition) is 4. The molecule has 0 saturated heterocycles. The smallest absolute Gasteiger partial charge is 0.311 e. The number of fused-ring (bicyclic) bond motifs is 1. The van der Waals surface area contributed by atoms with Crippen LogP contribution in [0.1, 0.15) is 35.8 Å². The second-order valence-electron chi connectivity index (χ2n) is 5.43. The third-order valence-corrected chi connectivity index (χ3v) is 4.28. The summed E-state index contributed by atoms with van der Waals surface area (Å²) in [6, 6.07) is 6.65. The second kappa shape index (κ2) is 6.51. The first-order valence-electron chi connectivity index (χ1n) is 6.94. The van der Waals surface area contributed by atoms with Gasteiger partial charge in [0.1, 0.15) is 12.6 Å². The molecule has 6 heteroatoms. The van der Waals surface area contributed by atoms with Crippen LogP contribution in [0, 0.1) is 11.8 Å². The van der Waals surface area contributed by atoms with Crippen LogP contribution in [0.25, 0.3) is 0 Å². The maximum Gasteiger partial charge on any atom is 0.311 e. The highest BCUT2D eigenvalue weighted by Gasteiger charge is 2.44. The minimum absolute atomic E-state index is 0.00736. The van der Waals surface area contributed by atoms with Gasteiger partial charge in [-0.2, -0.15) is 0 Å². The van der Waals surface area contributed by atoms with Gasteiger partial charge in [0.05, 0.1) is 11.8 Å². The van der Waals surface area contributed by atoms with Crippen molar-refractivity contribution < 1.29 is 29.4 Å². The van der Waals surface area contributed by atoms with Crippen molar-refractivity contribution in [2.45, 2.75) is 24.7 Å². The fourth-order valence-electron chi connectivity index (χ4n) is 3.26. The molecule has 0 heterocycles. The molecule has 0 radical (unpaired) electrons. The Morgan fingerprint density at radius 3 is 2.27 bits per heavy atom. The van der Waals surface area contributed by atoms with Crippen molar-refractivity contribution in [3.63, 3.8) is 0 Å². The molecule has 116 valence electrons. The van der Waals surface area contributed by atoms with E-state index < -0.39 is 35.6 Å². The van der Waals surface area contributed by atoms with Gasteiger partial charge in [-0.3, -0.25) is 9.59 Å². The van der Waals surface area contributed by atoms with Gasteiger partial charge in [0.25, 0.3) is 0 Å². The van der Waals surface area contributed by atoms with Gasteiger partial charge in [-0.15, -0.1) is 0 Å². The van der Waals surface area contributed by atoms with Crippen molar-refractivity contribution >= 4 is 24.5 Å². The summed E-state index contributed by atoms with van der Waals surface area (Å²) in [5.41, 5.74) is 1.06. The molecule has 1 aromatic carbocycles. The molecular formula is C16H16O6. The number of carbonyl (C=O) groups excluding carboxylic acids is 2. The molecule has 0 fully saturated rings. The monoisotopic (exact) mass is 304 g/mol. The van der Waals surface area contributed by atoms with E-state index in [0.717, 1.165) is 0 Å². The first kappa shape index (κ1) is 15.9. The van der Waals surface area contributed by atoms with Crippen LogP contribution in [0.4, 0.5) is 0 Å². The summed E-state index contributed by atoms with van der Waals surface area (Å²) in [5, 5.41) is 18.8. The van der Waals surface area contributed by atoms with E-state index in [9.17, 15) is 29.4 Å². The number of benzene rings is 1. The SMILES string of the molecule is O=CCC(C=O)C1CC(C(=O)O)C(C(=O)O)c2ccccc21. The van der Waals surface area contributed by atoms with E-state index in [-0.39, 0.29) is 12.8 Å². The van der Waals surface area contributed by atoms with Crippen LogP contribution >= 0.6 is 0 Å². The van der Waals surface area contributed by atoms with Gasteiger partial charge in [-0.05, 0) is 23.5 Å². The Bertz CT molecular complexity index is 608. The lowest BCUT2D eigenvalue weighted by Gasteiger charge is -2.36. The topological polar surface area (TPSA) is 109 Å². The third kappa shape index (κ3) is 2.77. The van der Waals surface area contributed by atoms with Gasteiger partial charge < -0.3 is 19.8 Å². The highest BCUT2D eigenvalue weighted by molar-refractivity contribution is 5.86. The van der Waals surface area contributed by atoms with Crippen molar-refractivity contribution in [3.05, 3.63) is 35.4 Å². The normalized spacial score (nSPS) is 24.8. The largest absolute Gasteiger partial charge is 0.481 e. The zero-order chi connectivity index (χ0) is 16.3. The average Bonchev–Trinajstić information content (AvgIpc) is 2.50. The number of carbonyl (C=O) groups is 4. The lowest BCUT2D eigenvalue weighted by atomic mass is 9.66. The molecule has 2 rings (SSSR count). The standard InChI is InChI=1S/C16H16O6/c17-6-5-9(8-18)12-7-13(15(19)20)14(16(21)22)11-4-2-1-3-10(11)12/h1-4,6,8-9,12-14H,5,7H2,(H,19,20)(H,21,22). The van der Waals surface area contributed by atoms with Gasteiger partial charge in [0.2, 0.25) is 0 Å². The minimum atomic E-state index is -1.21. The number of rotatable bonds is 6. The Kier molecular flexibility index (Phi) is 4.70. The molecule has 0 spiro atoms. The molecule has 6 nitrogen and oxygen atoms in total. The van der Waals surface area contributed by atoms with Crippen molar-refractivity contribution in [2.75, 3.05) is 0 Å². The van der Waals surface area contributed by atoms with E-state index >= 15 is 0 Å². The number of aliphatic carboxylic acids is 2. The second-order valence-corrected chi connectivity index (χ2v) is 5.43. The zero-order valence-electron chi connectivity index (χ0n) is 11.7. The average molecular weight is 304 g/mol. The Morgan fingerprint density at radius 2 is 1.77 bits per heavy atom. The van der Waals surface area contributed by atoms with Gasteiger partial charge in [-0.25, -0.2) is 0 Å². The molecule has 4 unspecified atom stereocenters. The van der Waals surface area contributed by atoms with Crippen molar-refractivity contribution in [1.29, 1.82) is 0 Å². The van der Waals surface area contributed by atoms with Crippen LogP contribution in [0.5, 0.6) is 0 Å². The summed E-state index contributed by atoms with van der Waals surface area (Å²) < 4.78 is 0. The zero-order valence-corrected chi connectivity index (χ0v) is 11.7. The quantitative estimate of drug-likeness (QED) is 0.770. The van der Waals surface area contributed by atoms with E-state index in [4.69, 9.17) is 0 Å². The lowest BCUT2D eigenvalue weighted by Crippen LogP contribution is -2.36. The molecule has 1 aliphatic rings. The fourth-order valence-corrected chi connectivity index (χ4v) is 3.26. The van der Waals surface area contributed by atoms with Crippen LogP contribution in [0.15, 0.2) is 24.3 Å². The van der Waals surface area contributed by atoms with Crippen LogP contribution in [0.3, 0.4) is 0 Å². The van der Waals surface area contributed by atoms with Crippen molar-refractivity contribution in [2.24, 2.45) is 11.8 Å². The Labute approximate surface area is 126 Å². The Morgan fingerprint density at radius 1 is 1.14 bits per heavy atom. The maximum atomic E-state index is 11.5. The van der Waals surface area contributed by atoms with Gasteiger partial charge in [0, 0.05) is 12.3 Å². The summed E-state index contributed by atoms with van der Waals surface area (Å²) in [4.78, 5) is 45.0. The Hall–Kier alpha value is -2.50. The molecular weight excluding hydrogens is 288 g/mol. The fraction of sp³-hybridized carbons (Fsp3) is 0.375. The van der Waals surface area contributed by atoms with Crippen LogP contribution in [0.2, 0.25) is 0 Å². The van der Waals surface area contributed by atoms with E-state index in [2.05, 4.69) is 0 Å². The van der Waals surface area contributed by atoms with Crippen molar-refractivity contribution in [1.82, 2.24) is 0 Å². The highest BCUT2D eigenvalue weighted by Crippen LogP contribution is 2.46. The first-order chi connectivity index (χ1) is 10.5. The summed E-state index contributed by atoms with van der Waals surface area (Å²) in [7, 11) is 0. The summed E-state index contributed by atoms with van der Waals surface area (Å²) in [6.07, 6.45) is 1.30. The van der Waals surface area contributed by atoms with Gasteiger partial charge in [0.15, 0.2) is 0 Å². The lowest BCUT2D eigenvalue weighted by molar-refractivity contribution is -0.151. The van der Waals surface area contributed by atoms with Crippen LogP contribution in [-0.4, -0.2) is 34.7 Å². The summed E-state index contributed by atoms with van der Waals surface area (Å²) in [5.74, 6) is -5.77. The number of carboxylic acids is 2. The molecule has 2 N–H and O–H groups in total. The Balaban J connectivity index is 2.56. The summed E-state index contributed by atoms with van der Waals surface area (Å²) in [6.45, 7) is 0. The molecule has 0 amide bonds. The van der Waals surface area contributed by atoms with Gasteiger partial charge >= 0.3 is 11.9 Å². The predicted octanol–water partition coefficient (Wildman–Crippen LogP) is 1.45. The van der Waals surface area contributed by atoms with Crippen molar-refractivity contribution in [3.8, 4) is 0 Å². The molecule has 4 atom stereocenters. The molecule has 22 heavy (non-hydrogen) atoms. The third-order valence-electron chi connectivity index (χ3n) is 4.28. The maximum absolute atomic E-state index is 11.5. The molecule has 0 aromatic heterocycles. The minimum Gasteiger partial charge on any atom is -0.481 e. The summed E-state index contributed by atoms with van der Waals surface area (Å²) >= 11 is 0. The van der Waals surface area contributed by atoms with E-state index in [1.165, 1.54) is 0 Å². The highest BCUT2D eigenvalue weighted by atomic mass is 16.4.